The lowest BCUT2D eigenvalue weighted by Crippen LogP contribution is -2.11. The fraction of sp³-hybridized carbons (Fsp3) is 0. The summed E-state index contributed by atoms with van der Waals surface area (Å²) in [5.41, 5.74) is 4.57. The lowest BCUT2D eigenvalue weighted by atomic mass is 10.2. The Bertz CT molecular complexity index is 278. The van der Waals surface area contributed by atoms with Gasteiger partial charge in [0, 0.05) is 5.56 Å². The van der Waals surface area contributed by atoms with Crippen molar-refractivity contribution >= 4 is 5.91 Å². The Morgan fingerprint density at radius 3 is 2.18 bits per heavy atom. The second-order valence-electron chi connectivity index (χ2n) is 1.93. The maximum absolute atomic E-state index is 12.3. The minimum absolute atomic E-state index is 0.196. The summed E-state index contributed by atoms with van der Waals surface area (Å²) in [4.78, 5) is 10.4. The molecular weight excluding hydrogens is 152 g/mol. The molecule has 0 aliphatic rings. The van der Waals surface area contributed by atoms with Gasteiger partial charge in [-0.3, -0.25) is 4.79 Å². The molecule has 0 atom stereocenters. The molecule has 1 aromatic rings. The van der Waals surface area contributed by atoms with Crippen LogP contribution in [0.2, 0.25) is 0 Å². The maximum atomic E-state index is 12.3. The summed E-state index contributed by atoms with van der Waals surface area (Å²) < 4.78 is 24.6. The predicted octanol–water partition coefficient (Wildman–Crippen LogP) is 0.864. The van der Waals surface area contributed by atoms with Crippen LogP contribution in [0.4, 0.5) is 8.78 Å². The van der Waals surface area contributed by atoms with Gasteiger partial charge in [0.1, 0.15) is 11.6 Å². The zero-order chi connectivity index (χ0) is 8.43. The summed E-state index contributed by atoms with van der Waals surface area (Å²) in [6, 6.07) is 3.37. The number of carbonyl (C=O) groups is 1. The molecule has 1 amide bonds. The Morgan fingerprint density at radius 2 is 1.82 bits per heavy atom. The van der Waals surface area contributed by atoms with Crippen LogP contribution in [0.25, 0.3) is 0 Å². The third-order valence-corrected chi connectivity index (χ3v) is 1.09. The first-order valence-electron chi connectivity index (χ1n) is 2.78. The van der Waals surface area contributed by atoms with Gasteiger partial charge < -0.3 is 5.73 Å². The number of benzene rings is 1. The van der Waals surface area contributed by atoms with Crippen molar-refractivity contribution in [1.82, 2.24) is 0 Å². The summed E-state index contributed by atoms with van der Waals surface area (Å²) >= 11 is 0. The topological polar surface area (TPSA) is 43.1 Å². The zero-order valence-corrected chi connectivity index (χ0v) is 5.40. The van der Waals surface area contributed by atoms with Gasteiger partial charge in [-0.25, -0.2) is 8.78 Å². The smallest absolute Gasteiger partial charge is 0.248 e. The number of primary amides is 1. The normalized spacial score (nSPS) is 9.64. The van der Waals surface area contributed by atoms with Crippen molar-refractivity contribution in [3.05, 3.63) is 35.4 Å². The van der Waals surface area contributed by atoms with E-state index in [0.717, 1.165) is 12.1 Å². The summed E-state index contributed by atoms with van der Waals surface area (Å²) in [5.74, 6) is -2.73. The Hall–Kier alpha value is -1.45. The molecule has 2 N–H and O–H groups in total. The monoisotopic (exact) mass is 156 g/mol. The molecule has 4 heteroatoms. The minimum Gasteiger partial charge on any atom is -0.366 e. The molecule has 0 saturated carbocycles. The van der Waals surface area contributed by atoms with Crippen molar-refractivity contribution in [2.24, 2.45) is 5.73 Å². The number of hydrogen-bond donors (Lipinski definition) is 1. The van der Waals surface area contributed by atoms with Crippen molar-refractivity contribution in [1.29, 1.82) is 0 Å². The van der Waals surface area contributed by atoms with E-state index in [1.54, 1.807) is 6.07 Å². The van der Waals surface area contributed by atoms with Crippen LogP contribution in [-0.2, 0) is 0 Å². The van der Waals surface area contributed by atoms with Gasteiger partial charge in [0.2, 0.25) is 5.91 Å². The van der Waals surface area contributed by atoms with Gasteiger partial charge in [-0.15, -0.1) is 0 Å². The van der Waals surface area contributed by atoms with E-state index < -0.39 is 17.5 Å². The number of nitrogens with two attached hydrogens (primary N) is 1. The highest BCUT2D eigenvalue weighted by atomic mass is 19.1. The van der Waals surface area contributed by atoms with E-state index in [9.17, 15) is 13.6 Å². The average Bonchev–Trinajstić information content (AvgIpc) is 1.85. The number of hydrogen-bond acceptors (Lipinski definition) is 1. The number of amides is 1. The molecule has 2 nitrogen and oxygen atoms in total. The fourth-order valence-electron chi connectivity index (χ4n) is 0.643. The highest BCUT2D eigenvalue weighted by molar-refractivity contribution is 5.92. The SMILES string of the molecule is NC(=O)c1cc(F)[c]c(F)c1. The van der Waals surface area contributed by atoms with Gasteiger partial charge in [0.15, 0.2) is 0 Å². The van der Waals surface area contributed by atoms with Crippen LogP contribution in [0, 0.1) is 17.7 Å². The quantitative estimate of drug-likeness (QED) is 0.643. The van der Waals surface area contributed by atoms with Crippen LogP contribution < -0.4 is 5.73 Å². The van der Waals surface area contributed by atoms with E-state index in [1.807, 2.05) is 0 Å². The van der Waals surface area contributed by atoms with Gasteiger partial charge >= 0.3 is 0 Å². The van der Waals surface area contributed by atoms with E-state index in [0.29, 0.717) is 0 Å². The summed E-state index contributed by atoms with van der Waals surface area (Å²) in [6.07, 6.45) is 0. The fourth-order valence-corrected chi connectivity index (χ4v) is 0.643. The van der Waals surface area contributed by atoms with Gasteiger partial charge in [-0.05, 0) is 12.1 Å². The van der Waals surface area contributed by atoms with Crippen LogP contribution in [-0.4, -0.2) is 5.91 Å². The van der Waals surface area contributed by atoms with Gasteiger partial charge in [-0.2, -0.15) is 0 Å². The van der Waals surface area contributed by atoms with Crippen LogP contribution >= 0.6 is 0 Å². The van der Waals surface area contributed by atoms with E-state index in [4.69, 9.17) is 5.73 Å². The molecular formula is C7H4F2NO. The van der Waals surface area contributed by atoms with Crippen LogP contribution in [0.3, 0.4) is 0 Å². The van der Waals surface area contributed by atoms with Crippen molar-refractivity contribution in [3.63, 3.8) is 0 Å². The standard InChI is InChI=1S/C7H4F2NO/c8-5-1-4(7(10)11)2-6(9)3-5/h1-2H,(H2,10,11). The first-order valence-corrected chi connectivity index (χ1v) is 2.78. The molecule has 1 aromatic carbocycles. The first kappa shape index (κ1) is 7.65. The second-order valence-corrected chi connectivity index (χ2v) is 1.93. The molecule has 57 valence electrons. The molecule has 0 aliphatic heterocycles. The number of rotatable bonds is 1. The number of halogens is 2. The third kappa shape index (κ3) is 1.73. The zero-order valence-electron chi connectivity index (χ0n) is 5.40. The van der Waals surface area contributed by atoms with Crippen LogP contribution in [0.5, 0.6) is 0 Å². The predicted molar refractivity (Wildman–Crippen MR) is 33.7 cm³/mol. The number of carbonyl (C=O) groups excluding carboxylic acids is 1. The first-order chi connectivity index (χ1) is 5.09. The van der Waals surface area contributed by atoms with E-state index in [-0.39, 0.29) is 5.56 Å². The molecule has 0 saturated heterocycles. The summed E-state index contributed by atoms with van der Waals surface area (Å²) in [5, 5.41) is 0. The van der Waals surface area contributed by atoms with Crippen molar-refractivity contribution < 1.29 is 13.6 Å². The lowest BCUT2D eigenvalue weighted by Gasteiger charge is -1.94. The average molecular weight is 156 g/mol. The van der Waals surface area contributed by atoms with Crippen LogP contribution in [0.15, 0.2) is 12.1 Å². The Morgan fingerprint density at radius 1 is 1.36 bits per heavy atom. The molecule has 0 aliphatic carbocycles. The van der Waals surface area contributed by atoms with E-state index in [1.165, 1.54) is 0 Å². The molecule has 0 heterocycles. The second kappa shape index (κ2) is 2.65. The highest BCUT2D eigenvalue weighted by Crippen LogP contribution is 2.05. The Kier molecular flexibility index (Phi) is 1.85. The minimum atomic E-state index is -0.932. The highest BCUT2D eigenvalue weighted by Gasteiger charge is 2.04. The van der Waals surface area contributed by atoms with Gasteiger partial charge in [0.05, 0.1) is 6.07 Å². The largest absolute Gasteiger partial charge is 0.366 e. The molecule has 0 bridgehead atoms. The van der Waals surface area contributed by atoms with Crippen LogP contribution in [0.1, 0.15) is 10.4 Å². The Labute approximate surface area is 61.6 Å². The van der Waals surface area contributed by atoms with Gasteiger partial charge in [0.25, 0.3) is 0 Å². The maximum Gasteiger partial charge on any atom is 0.248 e. The summed E-state index contributed by atoms with van der Waals surface area (Å²) in [7, 11) is 0. The lowest BCUT2D eigenvalue weighted by molar-refractivity contribution is 0.0999. The Balaban J connectivity index is 3.19. The van der Waals surface area contributed by atoms with Crippen molar-refractivity contribution in [2.45, 2.75) is 0 Å². The molecule has 1 rings (SSSR count). The third-order valence-electron chi connectivity index (χ3n) is 1.09. The van der Waals surface area contributed by atoms with Crippen molar-refractivity contribution in [2.75, 3.05) is 0 Å². The molecule has 1 radical (unpaired) electrons. The molecule has 0 spiro atoms. The van der Waals surface area contributed by atoms with E-state index >= 15 is 0 Å². The molecule has 11 heavy (non-hydrogen) atoms. The van der Waals surface area contributed by atoms with E-state index in [2.05, 4.69) is 0 Å². The molecule has 0 unspecified atom stereocenters. The summed E-state index contributed by atoms with van der Waals surface area (Å²) in [6.45, 7) is 0. The molecule has 0 fully saturated rings. The molecule has 0 aromatic heterocycles. The van der Waals surface area contributed by atoms with Crippen molar-refractivity contribution in [3.8, 4) is 0 Å². The van der Waals surface area contributed by atoms with Gasteiger partial charge in [-0.1, -0.05) is 0 Å².